The molecule has 104 valence electrons. The van der Waals surface area contributed by atoms with Crippen LogP contribution in [0.2, 0.25) is 0 Å². The van der Waals surface area contributed by atoms with Crippen molar-refractivity contribution in [3.63, 3.8) is 0 Å². The van der Waals surface area contributed by atoms with Gasteiger partial charge < -0.3 is 14.7 Å². The van der Waals surface area contributed by atoms with Gasteiger partial charge in [0.05, 0.1) is 16.4 Å². The first-order valence-electron chi connectivity index (χ1n) is 6.13. The van der Waals surface area contributed by atoms with Crippen molar-refractivity contribution >= 4 is 17.2 Å². The predicted octanol–water partition coefficient (Wildman–Crippen LogP) is 1.51. The highest BCUT2D eigenvalue weighted by Crippen LogP contribution is 2.22. The Bertz CT molecular complexity index is 485. The standard InChI is InChI=1S/C14H19NO3S/c1-4-18-9-7-15(3)14(17)13-10-11(2)12(19-13)6-5-8-16/h10,16H,4,7-9H2,1-3H3. The van der Waals surface area contributed by atoms with Gasteiger partial charge in [0.25, 0.3) is 5.91 Å². The first-order valence-corrected chi connectivity index (χ1v) is 6.95. The molecule has 19 heavy (non-hydrogen) atoms. The molecule has 1 heterocycles. The molecule has 1 N–H and O–H groups in total. The van der Waals surface area contributed by atoms with Crippen LogP contribution in [-0.4, -0.2) is 49.3 Å². The van der Waals surface area contributed by atoms with Crippen LogP contribution < -0.4 is 0 Å². The number of aliphatic hydroxyl groups excluding tert-OH is 1. The van der Waals surface area contributed by atoms with Crippen LogP contribution in [0, 0.1) is 18.8 Å². The van der Waals surface area contributed by atoms with Crippen molar-refractivity contribution in [2.45, 2.75) is 13.8 Å². The molecule has 0 bridgehead atoms. The number of carbonyl (C=O) groups excluding carboxylic acids is 1. The van der Waals surface area contributed by atoms with E-state index in [2.05, 4.69) is 11.8 Å². The maximum absolute atomic E-state index is 12.2. The number of hydrogen-bond donors (Lipinski definition) is 1. The van der Waals surface area contributed by atoms with E-state index in [1.807, 2.05) is 19.9 Å². The monoisotopic (exact) mass is 281 g/mol. The molecular formula is C14H19NO3S. The molecule has 0 unspecified atom stereocenters. The smallest absolute Gasteiger partial charge is 0.263 e. The van der Waals surface area contributed by atoms with Crippen LogP contribution in [0.15, 0.2) is 6.07 Å². The molecule has 0 radical (unpaired) electrons. The highest BCUT2D eigenvalue weighted by molar-refractivity contribution is 7.14. The first-order chi connectivity index (χ1) is 9.10. The first kappa shape index (κ1) is 15.7. The third kappa shape index (κ3) is 4.67. The zero-order valence-electron chi connectivity index (χ0n) is 11.5. The van der Waals surface area contributed by atoms with Crippen LogP contribution in [0.3, 0.4) is 0 Å². The highest BCUT2D eigenvalue weighted by atomic mass is 32.1. The van der Waals surface area contributed by atoms with E-state index < -0.39 is 0 Å². The van der Waals surface area contributed by atoms with E-state index in [0.717, 1.165) is 10.4 Å². The van der Waals surface area contributed by atoms with Crippen LogP contribution in [-0.2, 0) is 4.74 Å². The largest absolute Gasteiger partial charge is 0.384 e. The Morgan fingerprint density at radius 2 is 2.32 bits per heavy atom. The molecule has 5 heteroatoms. The lowest BCUT2D eigenvalue weighted by Gasteiger charge is -2.15. The Labute approximate surface area is 118 Å². The molecule has 0 aliphatic heterocycles. The van der Waals surface area contributed by atoms with Gasteiger partial charge in [-0.15, -0.1) is 11.3 Å². The Kier molecular flexibility index (Phi) is 6.57. The van der Waals surface area contributed by atoms with Gasteiger partial charge in [-0.25, -0.2) is 0 Å². The average Bonchev–Trinajstić information content (AvgIpc) is 2.77. The Hall–Kier alpha value is -1.35. The number of aryl methyl sites for hydroxylation is 1. The third-order valence-electron chi connectivity index (χ3n) is 2.53. The number of carbonyl (C=O) groups is 1. The van der Waals surface area contributed by atoms with E-state index >= 15 is 0 Å². The van der Waals surface area contributed by atoms with E-state index in [0.29, 0.717) is 24.6 Å². The summed E-state index contributed by atoms with van der Waals surface area (Å²) in [6, 6.07) is 1.84. The van der Waals surface area contributed by atoms with Crippen molar-refractivity contribution in [3.05, 3.63) is 21.4 Å². The minimum absolute atomic E-state index is 0.0233. The molecule has 1 rings (SSSR count). The summed E-state index contributed by atoms with van der Waals surface area (Å²) in [7, 11) is 1.76. The number of likely N-dealkylation sites (N-methyl/N-ethyl adjacent to an activating group) is 1. The summed E-state index contributed by atoms with van der Waals surface area (Å²) < 4.78 is 5.23. The van der Waals surface area contributed by atoms with E-state index in [1.54, 1.807) is 11.9 Å². The molecule has 4 nitrogen and oxygen atoms in total. The molecule has 0 spiro atoms. The summed E-state index contributed by atoms with van der Waals surface area (Å²) in [4.78, 5) is 15.3. The summed E-state index contributed by atoms with van der Waals surface area (Å²) in [6.07, 6.45) is 0. The molecule has 0 fully saturated rings. The van der Waals surface area contributed by atoms with Crippen molar-refractivity contribution in [2.24, 2.45) is 0 Å². The lowest BCUT2D eigenvalue weighted by atomic mass is 10.2. The van der Waals surface area contributed by atoms with Gasteiger partial charge in [0.15, 0.2) is 0 Å². The number of nitrogens with zero attached hydrogens (tertiary/aromatic N) is 1. The van der Waals surface area contributed by atoms with Crippen LogP contribution in [0.1, 0.15) is 27.0 Å². The lowest BCUT2D eigenvalue weighted by molar-refractivity contribution is 0.0714. The van der Waals surface area contributed by atoms with Crippen LogP contribution >= 0.6 is 11.3 Å². The highest BCUT2D eigenvalue weighted by Gasteiger charge is 2.15. The Morgan fingerprint density at radius 3 is 2.95 bits per heavy atom. The number of ether oxygens (including phenoxy) is 1. The fraction of sp³-hybridized carbons (Fsp3) is 0.500. The number of thiophene rings is 1. The molecule has 1 aromatic heterocycles. The second kappa shape index (κ2) is 7.95. The molecular weight excluding hydrogens is 262 g/mol. The lowest BCUT2D eigenvalue weighted by Crippen LogP contribution is -2.29. The Morgan fingerprint density at radius 1 is 1.58 bits per heavy atom. The normalized spacial score (nSPS) is 9.89. The van der Waals surface area contributed by atoms with Crippen molar-refractivity contribution in [2.75, 3.05) is 33.4 Å². The summed E-state index contributed by atoms with van der Waals surface area (Å²) in [5.74, 6) is 5.43. The second-order valence-electron chi connectivity index (χ2n) is 4.01. The maximum atomic E-state index is 12.2. The molecule has 0 saturated heterocycles. The Balaban J connectivity index is 2.71. The molecule has 0 aliphatic rings. The van der Waals surface area contributed by atoms with Gasteiger partial charge in [-0.1, -0.05) is 11.8 Å². The van der Waals surface area contributed by atoms with E-state index in [4.69, 9.17) is 9.84 Å². The molecule has 0 aliphatic carbocycles. The molecule has 0 saturated carbocycles. The minimum Gasteiger partial charge on any atom is -0.384 e. The van der Waals surface area contributed by atoms with Gasteiger partial charge in [-0.05, 0) is 25.5 Å². The fourth-order valence-electron chi connectivity index (χ4n) is 1.47. The summed E-state index contributed by atoms with van der Waals surface area (Å²) in [5, 5.41) is 8.69. The SMILES string of the molecule is CCOCCN(C)C(=O)c1cc(C)c(C#CCO)s1. The zero-order valence-corrected chi connectivity index (χ0v) is 12.3. The quantitative estimate of drug-likeness (QED) is 0.657. The number of rotatable bonds is 5. The third-order valence-corrected chi connectivity index (χ3v) is 3.67. The average molecular weight is 281 g/mol. The molecule has 1 amide bonds. The summed E-state index contributed by atoms with van der Waals surface area (Å²) >= 11 is 1.36. The minimum atomic E-state index is -0.172. The van der Waals surface area contributed by atoms with Crippen molar-refractivity contribution in [1.29, 1.82) is 0 Å². The molecule has 1 aromatic rings. The summed E-state index contributed by atoms with van der Waals surface area (Å²) in [6.45, 7) is 5.43. The number of aliphatic hydroxyl groups is 1. The number of amides is 1. The maximum Gasteiger partial charge on any atom is 0.263 e. The van der Waals surface area contributed by atoms with Gasteiger partial charge >= 0.3 is 0 Å². The van der Waals surface area contributed by atoms with Crippen LogP contribution in [0.25, 0.3) is 0 Å². The van der Waals surface area contributed by atoms with Gasteiger partial charge in [-0.2, -0.15) is 0 Å². The van der Waals surface area contributed by atoms with E-state index in [9.17, 15) is 4.79 Å². The van der Waals surface area contributed by atoms with Crippen LogP contribution in [0.5, 0.6) is 0 Å². The van der Waals surface area contributed by atoms with Crippen molar-refractivity contribution < 1.29 is 14.6 Å². The van der Waals surface area contributed by atoms with E-state index in [-0.39, 0.29) is 12.5 Å². The molecule has 0 atom stereocenters. The fourth-order valence-corrected chi connectivity index (χ4v) is 2.51. The topological polar surface area (TPSA) is 49.8 Å². The van der Waals surface area contributed by atoms with E-state index in [1.165, 1.54) is 11.3 Å². The zero-order chi connectivity index (χ0) is 14.3. The van der Waals surface area contributed by atoms with Gasteiger partial charge in [0, 0.05) is 20.2 Å². The van der Waals surface area contributed by atoms with Crippen molar-refractivity contribution in [3.8, 4) is 11.8 Å². The summed E-state index contributed by atoms with van der Waals surface area (Å²) in [5.41, 5.74) is 0.965. The molecule has 0 aromatic carbocycles. The van der Waals surface area contributed by atoms with Gasteiger partial charge in [-0.3, -0.25) is 4.79 Å². The van der Waals surface area contributed by atoms with Crippen molar-refractivity contribution in [1.82, 2.24) is 4.90 Å². The predicted molar refractivity (Wildman–Crippen MR) is 76.5 cm³/mol. The van der Waals surface area contributed by atoms with Gasteiger partial charge in [0.1, 0.15) is 6.61 Å². The van der Waals surface area contributed by atoms with Gasteiger partial charge in [0.2, 0.25) is 0 Å². The number of hydrogen-bond acceptors (Lipinski definition) is 4. The van der Waals surface area contributed by atoms with Crippen LogP contribution in [0.4, 0.5) is 0 Å². The second-order valence-corrected chi connectivity index (χ2v) is 5.06.